The van der Waals surface area contributed by atoms with E-state index in [9.17, 15) is 0 Å². The van der Waals surface area contributed by atoms with E-state index in [0.29, 0.717) is 6.10 Å². The molecule has 1 atom stereocenters. The number of unbranched alkanes of at least 4 members (excludes halogenated alkanes) is 3. The van der Waals surface area contributed by atoms with Crippen molar-refractivity contribution in [2.45, 2.75) is 96.9 Å². The van der Waals surface area contributed by atoms with Crippen molar-refractivity contribution in [3.63, 3.8) is 0 Å². The maximum Gasteiger partial charge on any atom is 0.168 e. The molecular formula is C16H32O2. The fraction of sp³-hybridized carbons (Fsp3) is 1.00. The van der Waals surface area contributed by atoms with Gasteiger partial charge in [0.1, 0.15) is 0 Å². The van der Waals surface area contributed by atoms with Crippen molar-refractivity contribution in [1.82, 2.24) is 0 Å². The first-order valence-electron chi connectivity index (χ1n) is 8.08. The van der Waals surface area contributed by atoms with Crippen LogP contribution in [0.1, 0.15) is 85.0 Å². The molecule has 18 heavy (non-hydrogen) atoms. The van der Waals surface area contributed by atoms with E-state index >= 15 is 0 Å². The third-order valence-electron chi connectivity index (χ3n) is 3.89. The first-order valence-corrected chi connectivity index (χ1v) is 8.08. The van der Waals surface area contributed by atoms with E-state index in [1.165, 1.54) is 44.9 Å². The molecule has 2 nitrogen and oxygen atoms in total. The van der Waals surface area contributed by atoms with Crippen molar-refractivity contribution in [3.05, 3.63) is 0 Å². The van der Waals surface area contributed by atoms with Crippen LogP contribution in [0.25, 0.3) is 0 Å². The van der Waals surface area contributed by atoms with E-state index in [4.69, 9.17) is 9.47 Å². The van der Waals surface area contributed by atoms with Crippen LogP contribution in [-0.2, 0) is 9.47 Å². The average molecular weight is 256 g/mol. The van der Waals surface area contributed by atoms with Gasteiger partial charge in [0.05, 0.1) is 12.7 Å². The zero-order valence-corrected chi connectivity index (χ0v) is 12.7. The Hall–Kier alpha value is -0.0800. The summed E-state index contributed by atoms with van der Waals surface area (Å²) in [5.74, 6) is -0.247. The van der Waals surface area contributed by atoms with Crippen molar-refractivity contribution in [2.24, 2.45) is 0 Å². The quantitative estimate of drug-likeness (QED) is 0.574. The maximum absolute atomic E-state index is 6.36. The second-order valence-electron chi connectivity index (χ2n) is 5.64. The molecule has 0 spiro atoms. The molecule has 1 rings (SSSR count). The molecule has 1 unspecified atom stereocenters. The van der Waals surface area contributed by atoms with Gasteiger partial charge in [-0.1, -0.05) is 46.5 Å². The highest BCUT2D eigenvalue weighted by Crippen LogP contribution is 2.34. The molecule has 0 N–H and O–H groups in total. The molecule has 0 aromatic rings. The molecule has 0 amide bonds. The molecule has 0 bridgehead atoms. The highest BCUT2D eigenvalue weighted by Gasteiger charge is 2.37. The van der Waals surface area contributed by atoms with E-state index in [1.807, 2.05) is 0 Å². The van der Waals surface area contributed by atoms with Gasteiger partial charge in [0, 0.05) is 12.8 Å². The molecule has 0 aliphatic carbocycles. The van der Waals surface area contributed by atoms with Crippen LogP contribution in [0.2, 0.25) is 0 Å². The van der Waals surface area contributed by atoms with Crippen LogP contribution in [0.4, 0.5) is 0 Å². The first-order chi connectivity index (χ1) is 8.76. The van der Waals surface area contributed by atoms with Gasteiger partial charge in [-0.2, -0.15) is 0 Å². The smallest absolute Gasteiger partial charge is 0.168 e. The Kier molecular flexibility index (Phi) is 7.92. The summed E-state index contributed by atoms with van der Waals surface area (Å²) in [7, 11) is 0. The Morgan fingerprint density at radius 2 is 1.56 bits per heavy atom. The SMILES string of the molecule is CCCCC1CCOC(CCCC)(CCCC)O1. The summed E-state index contributed by atoms with van der Waals surface area (Å²) < 4.78 is 12.4. The molecular weight excluding hydrogens is 224 g/mol. The summed E-state index contributed by atoms with van der Waals surface area (Å²) in [6.07, 6.45) is 12.3. The molecule has 1 fully saturated rings. The summed E-state index contributed by atoms with van der Waals surface area (Å²) in [6.45, 7) is 7.62. The van der Waals surface area contributed by atoms with Crippen LogP contribution < -0.4 is 0 Å². The number of ether oxygens (including phenoxy) is 2. The number of rotatable bonds is 9. The standard InChI is InChI=1S/C16H32O2/c1-4-7-10-15-11-14-17-16(18-15,12-8-5-2)13-9-6-3/h15H,4-14H2,1-3H3. The highest BCUT2D eigenvalue weighted by atomic mass is 16.7. The van der Waals surface area contributed by atoms with Gasteiger partial charge in [0.25, 0.3) is 0 Å². The second-order valence-corrected chi connectivity index (χ2v) is 5.64. The van der Waals surface area contributed by atoms with Crippen molar-refractivity contribution in [1.29, 1.82) is 0 Å². The van der Waals surface area contributed by atoms with Crippen molar-refractivity contribution < 1.29 is 9.47 Å². The summed E-state index contributed by atoms with van der Waals surface area (Å²) in [5.41, 5.74) is 0. The Morgan fingerprint density at radius 1 is 0.944 bits per heavy atom. The molecule has 108 valence electrons. The van der Waals surface area contributed by atoms with Crippen LogP contribution in [0, 0.1) is 0 Å². The first kappa shape index (κ1) is 16.0. The van der Waals surface area contributed by atoms with Gasteiger partial charge in [-0.3, -0.25) is 0 Å². The molecule has 0 radical (unpaired) electrons. The van der Waals surface area contributed by atoms with E-state index in [0.717, 1.165) is 25.9 Å². The van der Waals surface area contributed by atoms with Gasteiger partial charge in [0.15, 0.2) is 5.79 Å². The van der Waals surface area contributed by atoms with Crippen LogP contribution in [0.3, 0.4) is 0 Å². The number of hydrogen-bond donors (Lipinski definition) is 0. The van der Waals surface area contributed by atoms with Gasteiger partial charge in [-0.05, 0) is 25.7 Å². The Morgan fingerprint density at radius 3 is 2.11 bits per heavy atom. The molecule has 0 saturated carbocycles. The lowest BCUT2D eigenvalue weighted by Crippen LogP contribution is -2.44. The lowest BCUT2D eigenvalue weighted by atomic mass is 9.99. The highest BCUT2D eigenvalue weighted by molar-refractivity contribution is 4.77. The lowest BCUT2D eigenvalue weighted by molar-refractivity contribution is -0.301. The molecule has 0 aromatic heterocycles. The van der Waals surface area contributed by atoms with Crippen LogP contribution in [0.15, 0.2) is 0 Å². The van der Waals surface area contributed by atoms with E-state index in [-0.39, 0.29) is 5.79 Å². The summed E-state index contributed by atoms with van der Waals surface area (Å²) in [6, 6.07) is 0. The third kappa shape index (κ3) is 5.27. The molecule has 0 aromatic carbocycles. The van der Waals surface area contributed by atoms with Gasteiger partial charge in [-0.15, -0.1) is 0 Å². The Balaban J connectivity index is 2.51. The van der Waals surface area contributed by atoms with Crippen molar-refractivity contribution in [3.8, 4) is 0 Å². The van der Waals surface area contributed by atoms with Crippen molar-refractivity contribution >= 4 is 0 Å². The van der Waals surface area contributed by atoms with Crippen LogP contribution in [-0.4, -0.2) is 18.5 Å². The van der Waals surface area contributed by atoms with E-state index in [2.05, 4.69) is 20.8 Å². The van der Waals surface area contributed by atoms with Gasteiger partial charge >= 0.3 is 0 Å². The fourth-order valence-electron chi connectivity index (χ4n) is 2.69. The molecule has 2 heteroatoms. The van der Waals surface area contributed by atoms with Crippen molar-refractivity contribution in [2.75, 3.05) is 6.61 Å². The molecule has 1 saturated heterocycles. The van der Waals surface area contributed by atoms with E-state index in [1.54, 1.807) is 0 Å². The molecule has 1 aliphatic heterocycles. The predicted octanol–water partition coefficient (Wildman–Crippen LogP) is 5.06. The lowest BCUT2D eigenvalue weighted by Gasteiger charge is -2.41. The Labute approximate surface area is 113 Å². The zero-order valence-electron chi connectivity index (χ0n) is 12.7. The summed E-state index contributed by atoms with van der Waals surface area (Å²) in [5, 5.41) is 0. The predicted molar refractivity (Wildman–Crippen MR) is 76.7 cm³/mol. The summed E-state index contributed by atoms with van der Waals surface area (Å²) >= 11 is 0. The second kappa shape index (κ2) is 8.92. The largest absolute Gasteiger partial charge is 0.350 e. The minimum absolute atomic E-state index is 0.247. The number of hydrogen-bond acceptors (Lipinski definition) is 2. The third-order valence-corrected chi connectivity index (χ3v) is 3.89. The summed E-state index contributed by atoms with van der Waals surface area (Å²) in [4.78, 5) is 0. The topological polar surface area (TPSA) is 18.5 Å². The van der Waals surface area contributed by atoms with Crippen LogP contribution in [0.5, 0.6) is 0 Å². The molecule has 1 heterocycles. The Bertz CT molecular complexity index is 195. The monoisotopic (exact) mass is 256 g/mol. The van der Waals surface area contributed by atoms with Gasteiger partial charge in [-0.25, -0.2) is 0 Å². The average Bonchev–Trinajstić information content (AvgIpc) is 2.41. The van der Waals surface area contributed by atoms with Gasteiger partial charge in [0.2, 0.25) is 0 Å². The zero-order chi connectivity index (χ0) is 13.3. The van der Waals surface area contributed by atoms with Crippen LogP contribution >= 0.6 is 0 Å². The normalized spacial score (nSPS) is 23.2. The molecule has 1 aliphatic rings. The fourth-order valence-corrected chi connectivity index (χ4v) is 2.69. The van der Waals surface area contributed by atoms with Gasteiger partial charge < -0.3 is 9.47 Å². The minimum Gasteiger partial charge on any atom is -0.350 e. The van der Waals surface area contributed by atoms with E-state index < -0.39 is 0 Å². The minimum atomic E-state index is -0.247. The maximum atomic E-state index is 6.36.